The van der Waals surface area contributed by atoms with Gasteiger partial charge in [0.15, 0.2) is 0 Å². The van der Waals surface area contributed by atoms with Crippen LogP contribution < -0.4 is 5.73 Å². The number of aromatic nitrogens is 2. The zero-order valence-corrected chi connectivity index (χ0v) is 9.04. The van der Waals surface area contributed by atoms with E-state index in [0.717, 1.165) is 0 Å². The lowest BCUT2D eigenvalue weighted by atomic mass is 10.3. The molecule has 1 fully saturated rings. The molecule has 1 aliphatic rings. The topological polar surface area (TPSA) is 84.4 Å². The zero-order chi connectivity index (χ0) is 11.5. The van der Waals surface area contributed by atoms with Crippen LogP contribution in [0.3, 0.4) is 0 Å². The molecule has 0 saturated carbocycles. The molecule has 16 heavy (non-hydrogen) atoms. The first-order valence-corrected chi connectivity index (χ1v) is 5.40. The molecule has 1 aromatic rings. The molecule has 0 unspecified atom stereocenters. The molecule has 88 valence electrons. The Bertz CT molecular complexity index is 377. The summed E-state index contributed by atoms with van der Waals surface area (Å²) in [6.07, 6.45) is 3.55. The third-order valence-electron chi connectivity index (χ3n) is 2.69. The molecule has 1 amide bonds. The summed E-state index contributed by atoms with van der Waals surface area (Å²) in [7, 11) is 0. The summed E-state index contributed by atoms with van der Waals surface area (Å²) in [5.74, 6) is -0.118. The average molecular weight is 224 g/mol. The Morgan fingerprint density at radius 1 is 1.69 bits per heavy atom. The van der Waals surface area contributed by atoms with Crippen LogP contribution in [0.1, 0.15) is 16.9 Å². The van der Waals surface area contributed by atoms with Gasteiger partial charge in [-0.2, -0.15) is 0 Å². The van der Waals surface area contributed by atoms with Gasteiger partial charge in [-0.1, -0.05) is 0 Å². The zero-order valence-electron chi connectivity index (χ0n) is 9.04. The van der Waals surface area contributed by atoms with E-state index in [0.29, 0.717) is 38.3 Å². The number of hydrogen-bond acceptors (Lipinski definition) is 4. The van der Waals surface area contributed by atoms with Crippen molar-refractivity contribution in [3.8, 4) is 0 Å². The van der Waals surface area contributed by atoms with Crippen LogP contribution in [-0.4, -0.2) is 51.2 Å². The van der Waals surface area contributed by atoms with Crippen molar-refractivity contribution < 1.29 is 9.90 Å². The van der Waals surface area contributed by atoms with Crippen LogP contribution in [0.5, 0.6) is 0 Å². The average Bonchev–Trinajstić information content (AvgIpc) is 2.87. The monoisotopic (exact) mass is 224 g/mol. The van der Waals surface area contributed by atoms with Crippen LogP contribution in [0, 0.1) is 0 Å². The number of carbonyl (C=O) groups excluding carboxylic acids is 1. The highest BCUT2D eigenvalue weighted by atomic mass is 16.3. The number of carbonyl (C=O) groups is 1. The number of β-amino-alcohol motifs (C(OH)–C–C–N with tert-alkyl or cyclic N) is 1. The molecule has 0 aromatic carbocycles. The third kappa shape index (κ3) is 2.23. The second kappa shape index (κ2) is 4.63. The largest absolute Gasteiger partial charge is 0.391 e. The molecule has 3 N–H and O–H groups in total. The molecule has 6 nitrogen and oxygen atoms in total. The van der Waals surface area contributed by atoms with Crippen LogP contribution in [-0.2, 0) is 6.54 Å². The van der Waals surface area contributed by atoms with Crippen LogP contribution in [0.2, 0.25) is 0 Å². The van der Waals surface area contributed by atoms with Crippen molar-refractivity contribution in [3.05, 3.63) is 18.2 Å². The lowest BCUT2D eigenvalue weighted by molar-refractivity contribution is 0.0759. The number of imidazole rings is 1. The number of likely N-dealkylation sites (tertiary alicyclic amines) is 1. The molecule has 0 aliphatic carbocycles. The standard InChI is InChI=1S/C10H16N4O2/c11-2-4-13-6-9(12-7-13)10(16)14-3-1-8(15)5-14/h6-8,15H,1-5,11H2/t8-/m1/s1. The number of nitrogens with zero attached hydrogens (tertiary/aromatic N) is 3. The normalized spacial score (nSPS) is 20.4. The van der Waals surface area contributed by atoms with E-state index in [1.54, 1.807) is 22.0 Å². The van der Waals surface area contributed by atoms with E-state index in [9.17, 15) is 9.90 Å². The fraction of sp³-hybridized carbons (Fsp3) is 0.600. The Balaban J connectivity index is 2.03. The van der Waals surface area contributed by atoms with Crippen LogP contribution in [0.25, 0.3) is 0 Å². The quantitative estimate of drug-likeness (QED) is 0.693. The van der Waals surface area contributed by atoms with E-state index in [1.165, 1.54) is 0 Å². The summed E-state index contributed by atoms with van der Waals surface area (Å²) in [6.45, 7) is 2.18. The molecule has 0 bridgehead atoms. The smallest absolute Gasteiger partial charge is 0.274 e. The van der Waals surface area contributed by atoms with E-state index < -0.39 is 6.10 Å². The van der Waals surface area contributed by atoms with Gasteiger partial charge in [0, 0.05) is 32.4 Å². The second-order valence-electron chi connectivity index (χ2n) is 3.98. The minimum atomic E-state index is -0.393. The first-order chi connectivity index (χ1) is 7.70. The Kier molecular flexibility index (Phi) is 3.21. The molecule has 1 aliphatic heterocycles. The van der Waals surface area contributed by atoms with Gasteiger partial charge < -0.3 is 20.3 Å². The third-order valence-corrected chi connectivity index (χ3v) is 2.69. The minimum Gasteiger partial charge on any atom is -0.391 e. The summed E-state index contributed by atoms with van der Waals surface area (Å²) < 4.78 is 1.79. The summed E-state index contributed by atoms with van der Waals surface area (Å²) in [6, 6.07) is 0. The van der Waals surface area contributed by atoms with Crippen molar-refractivity contribution in [1.29, 1.82) is 0 Å². The number of rotatable bonds is 3. The van der Waals surface area contributed by atoms with Crippen molar-refractivity contribution in [2.75, 3.05) is 19.6 Å². The first-order valence-electron chi connectivity index (χ1n) is 5.40. The van der Waals surface area contributed by atoms with Gasteiger partial charge in [0.25, 0.3) is 5.91 Å². The van der Waals surface area contributed by atoms with Crippen molar-refractivity contribution >= 4 is 5.91 Å². The predicted octanol–water partition coefficient (Wildman–Crippen LogP) is -0.951. The van der Waals surface area contributed by atoms with Crippen molar-refractivity contribution in [3.63, 3.8) is 0 Å². The molecule has 2 heterocycles. The lowest BCUT2D eigenvalue weighted by Crippen LogP contribution is -2.29. The first kappa shape index (κ1) is 11.1. The highest BCUT2D eigenvalue weighted by Gasteiger charge is 2.26. The molecule has 2 rings (SSSR count). The SMILES string of the molecule is NCCn1cnc(C(=O)N2CC[C@@H](O)C2)c1. The highest BCUT2D eigenvalue weighted by Crippen LogP contribution is 2.12. The lowest BCUT2D eigenvalue weighted by Gasteiger charge is -2.13. The van der Waals surface area contributed by atoms with Crippen molar-refractivity contribution in [1.82, 2.24) is 14.5 Å². The van der Waals surface area contributed by atoms with Gasteiger partial charge in [0.05, 0.1) is 12.4 Å². The summed E-state index contributed by atoms with van der Waals surface area (Å²) >= 11 is 0. The van der Waals surface area contributed by atoms with Gasteiger partial charge >= 0.3 is 0 Å². The van der Waals surface area contributed by atoms with E-state index in [-0.39, 0.29) is 5.91 Å². The minimum absolute atomic E-state index is 0.118. The maximum atomic E-state index is 11.9. The van der Waals surface area contributed by atoms with Crippen LogP contribution in [0.4, 0.5) is 0 Å². The molecule has 0 spiro atoms. The molecule has 1 saturated heterocycles. The van der Waals surface area contributed by atoms with Crippen molar-refractivity contribution in [2.45, 2.75) is 19.1 Å². The van der Waals surface area contributed by atoms with Gasteiger partial charge in [-0.3, -0.25) is 4.79 Å². The van der Waals surface area contributed by atoms with E-state index in [4.69, 9.17) is 5.73 Å². The Morgan fingerprint density at radius 2 is 2.50 bits per heavy atom. The Hall–Kier alpha value is -1.40. The van der Waals surface area contributed by atoms with Gasteiger partial charge in [0.1, 0.15) is 5.69 Å². The fourth-order valence-electron chi connectivity index (χ4n) is 1.83. The van der Waals surface area contributed by atoms with Gasteiger partial charge in [-0.05, 0) is 6.42 Å². The van der Waals surface area contributed by atoms with Gasteiger partial charge in [-0.25, -0.2) is 4.98 Å². The summed E-state index contributed by atoms with van der Waals surface area (Å²) in [5, 5.41) is 9.35. The highest BCUT2D eigenvalue weighted by molar-refractivity contribution is 5.92. The molecular formula is C10H16N4O2. The van der Waals surface area contributed by atoms with Crippen LogP contribution >= 0.6 is 0 Å². The molecule has 1 aromatic heterocycles. The number of hydrogen-bond donors (Lipinski definition) is 2. The Labute approximate surface area is 93.7 Å². The molecular weight excluding hydrogens is 208 g/mol. The maximum absolute atomic E-state index is 11.9. The predicted molar refractivity (Wildman–Crippen MR) is 57.8 cm³/mol. The molecule has 6 heteroatoms. The number of aliphatic hydroxyl groups excluding tert-OH is 1. The second-order valence-corrected chi connectivity index (χ2v) is 3.98. The summed E-state index contributed by atoms with van der Waals surface area (Å²) in [5.41, 5.74) is 5.83. The van der Waals surface area contributed by atoms with E-state index in [2.05, 4.69) is 4.98 Å². The van der Waals surface area contributed by atoms with Gasteiger partial charge in [-0.15, -0.1) is 0 Å². The van der Waals surface area contributed by atoms with Crippen molar-refractivity contribution in [2.24, 2.45) is 5.73 Å². The van der Waals surface area contributed by atoms with Gasteiger partial charge in [0.2, 0.25) is 0 Å². The molecule has 1 atom stereocenters. The maximum Gasteiger partial charge on any atom is 0.274 e. The number of aliphatic hydroxyl groups is 1. The fourth-order valence-corrected chi connectivity index (χ4v) is 1.83. The van der Waals surface area contributed by atoms with Crippen LogP contribution in [0.15, 0.2) is 12.5 Å². The Morgan fingerprint density at radius 3 is 3.12 bits per heavy atom. The summed E-state index contributed by atoms with van der Waals surface area (Å²) in [4.78, 5) is 17.6. The van der Waals surface area contributed by atoms with E-state index in [1.807, 2.05) is 0 Å². The molecule has 0 radical (unpaired) electrons. The van der Waals surface area contributed by atoms with E-state index >= 15 is 0 Å². The number of amides is 1. The number of nitrogens with two attached hydrogens (primary N) is 1.